The number of carbonyl (C=O) groups is 2. The van der Waals surface area contributed by atoms with E-state index in [1.54, 1.807) is 20.8 Å². The average Bonchev–Trinajstić information content (AvgIpc) is 2.29. The van der Waals surface area contributed by atoms with Gasteiger partial charge in [0.05, 0.1) is 5.02 Å². The number of rotatable bonds is 3. The lowest BCUT2D eigenvalue weighted by Crippen LogP contribution is -2.20. The van der Waals surface area contributed by atoms with Crippen molar-refractivity contribution in [1.82, 2.24) is 0 Å². The van der Waals surface area contributed by atoms with E-state index in [0.29, 0.717) is 5.56 Å². The van der Waals surface area contributed by atoms with Crippen LogP contribution in [-0.4, -0.2) is 16.7 Å². The van der Waals surface area contributed by atoms with Gasteiger partial charge in [0.1, 0.15) is 5.75 Å². The van der Waals surface area contributed by atoms with Gasteiger partial charge in [0.15, 0.2) is 0 Å². The van der Waals surface area contributed by atoms with Gasteiger partial charge in [-0.3, -0.25) is 9.59 Å². The molecule has 0 aliphatic heterocycles. The minimum Gasteiger partial charge on any atom is -0.506 e. The number of carbonyl (C=O) groups excluding carboxylic acids is 2. The zero-order chi connectivity index (χ0) is 13.3. The van der Waals surface area contributed by atoms with Gasteiger partial charge in [-0.2, -0.15) is 0 Å². The number of hydrogen-bond acceptors (Lipinski definition) is 3. The van der Waals surface area contributed by atoms with Gasteiger partial charge in [0, 0.05) is 22.1 Å². The molecule has 0 unspecified atom stereocenters. The smallest absolute Gasteiger partial charge is 0.230 e. The summed E-state index contributed by atoms with van der Waals surface area (Å²) in [4.78, 5) is 23.4. The molecule has 0 heterocycles. The molecule has 0 bridgehead atoms. The van der Waals surface area contributed by atoms with Crippen LogP contribution in [0.5, 0.6) is 5.75 Å². The van der Waals surface area contributed by atoms with Gasteiger partial charge in [-0.25, -0.2) is 0 Å². The molecular weight excluding hydrogens is 263 g/mol. The second kappa shape index (κ2) is 5.07. The fourth-order valence-corrected chi connectivity index (χ4v) is 1.74. The molecule has 3 nitrogen and oxygen atoms in total. The number of halogens is 2. The average molecular weight is 275 g/mol. The molecule has 0 radical (unpaired) electrons. The molecule has 5 heteroatoms. The second-order valence-corrected chi connectivity index (χ2v) is 4.83. The maximum atomic E-state index is 11.8. The third-order valence-corrected chi connectivity index (χ3v) is 3.20. The lowest BCUT2D eigenvalue weighted by atomic mass is 9.98. The Bertz CT molecular complexity index is 493. The molecule has 0 saturated heterocycles. The first-order chi connectivity index (χ1) is 7.77. The first-order valence-corrected chi connectivity index (χ1v) is 5.79. The molecule has 1 aromatic carbocycles. The van der Waals surface area contributed by atoms with Crippen molar-refractivity contribution >= 4 is 34.8 Å². The maximum absolute atomic E-state index is 11.8. The van der Waals surface area contributed by atoms with Crippen molar-refractivity contribution in [3.63, 3.8) is 0 Å². The monoisotopic (exact) mass is 274 g/mol. The minimum absolute atomic E-state index is 0.0570. The predicted molar refractivity (Wildman–Crippen MR) is 67.0 cm³/mol. The van der Waals surface area contributed by atoms with Crippen molar-refractivity contribution in [2.45, 2.75) is 20.8 Å². The summed E-state index contributed by atoms with van der Waals surface area (Å²) < 4.78 is 0. The van der Waals surface area contributed by atoms with Crippen molar-refractivity contribution in [2.24, 2.45) is 5.92 Å². The van der Waals surface area contributed by atoms with Gasteiger partial charge < -0.3 is 5.11 Å². The Labute approximate surface area is 109 Å². The number of ketones is 2. The quantitative estimate of drug-likeness (QED) is 0.679. The topological polar surface area (TPSA) is 54.4 Å². The summed E-state index contributed by atoms with van der Waals surface area (Å²) in [7, 11) is 0. The molecule has 0 saturated carbocycles. The SMILES string of the molecule is Cc1c(Cl)cc(C(=O)C(=O)C(C)C)c(Cl)c1O. The molecule has 0 amide bonds. The van der Waals surface area contributed by atoms with Crippen molar-refractivity contribution in [3.05, 3.63) is 27.2 Å². The van der Waals surface area contributed by atoms with Gasteiger partial charge in [0.2, 0.25) is 11.6 Å². The Morgan fingerprint density at radius 2 is 1.82 bits per heavy atom. The number of phenolic OH excluding ortho intramolecular Hbond substituents is 1. The third kappa shape index (κ3) is 2.61. The second-order valence-electron chi connectivity index (χ2n) is 4.04. The molecule has 0 aromatic heterocycles. The fourth-order valence-electron chi connectivity index (χ4n) is 1.26. The van der Waals surface area contributed by atoms with E-state index in [4.69, 9.17) is 23.2 Å². The number of hydrogen-bond donors (Lipinski definition) is 1. The van der Waals surface area contributed by atoms with Crippen LogP contribution in [0.15, 0.2) is 6.07 Å². The maximum Gasteiger partial charge on any atom is 0.230 e. The van der Waals surface area contributed by atoms with E-state index >= 15 is 0 Å². The molecule has 0 spiro atoms. The number of benzene rings is 1. The summed E-state index contributed by atoms with van der Waals surface area (Å²) in [6.07, 6.45) is 0. The predicted octanol–water partition coefficient (Wildman–Crippen LogP) is 3.42. The first kappa shape index (κ1) is 14.0. The standard InChI is InChI=1S/C12H12Cl2O3/c1-5(2)10(15)12(17)7-4-8(13)6(3)11(16)9(7)14/h4-5,16H,1-3H3. The van der Waals surface area contributed by atoms with Crippen molar-refractivity contribution in [1.29, 1.82) is 0 Å². The lowest BCUT2D eigenvalue weighted by Gasteiger charge is -2.10. The van der Waals surface area contributed by atoms with Gasteiger partial charge >= 0.3 is 0 Å². The fraction of sp³-hybridized carbons (Fsp3) is 0.333. The van der Waals surface area contributed by atoms with E-state index in [1.165, 1.54) is 6.07 Å². The molecule has 0 aliphatic carbocycles. The summed E-state index contributed by atoms with van der Waals surface area (Å²) in [6.45, 7) is 4.80. The minimum atomic E-state index is -0.734. The molecule has 1 rings (SSSR count). The van der Waals surface area contributed by atoms with Gasteiger partial charge in [-0.05, 0) is 13.0 Å². The first-order valence-electron chi connectivity index (χ1n) is 5.03. The molecule has 17 heavy (non-hydrogen) atoms. The highest BCUT2D eigenvalue weighted by molar-refractivity contribution is 6.49. The summed E-state index contributed by atoms with van der Waals surface area (Å²) >= 11 is 11.7. The van der Waals surface area contributed by atoms with Crippen LogP contribution in [0.3, 0.4) is 0 Å². The highest BCUT2D eigenvalue weighted by Gasteiger charge is 2.24. The van der Waals surface area contributed by atoms with Gasteiger partial charge in [-0.15, -0.1) is 0 Å². The van der Waals surface area contributed by atoms with Crippen LogP contribution in [0.4, 0.5) is 0 Å². The van der Waals surface area contributed by atoms with Gasteiger partial charge in [-0.1, -0.05) is 37.0 Å². The van der Waals surface area contributed by atoms with Crippen LogP contribution >= 0.6 is 23.2 Å². The highest BCUT2D eigenvalue weighted by atomic mass is 35.5. The Kier molecular flexibility index (Phi) is 4.17. The molecule has 1 N–H and O–H groups in total. The Hall–Kier alpha value is -1.06. The van der Waals surface area contributed by atoms with E-state index in [2.05, 4.69) is 0 Å². The van der Waals surface area contributed by atoms with Crippen LogP contribution in [0.2, 0.25) is 10.0 Å². The Morgan fingerprint density at radius 3 is 2.29 bits per heavy atom. The Balaban J connectivity index is 3.34. The van der Waals surface area contributed by atoms with E-state index < -0.39 is 17.5 Å². The molecule has 0 atom stereocenters. The summed E-state index contributed by atoms with van der Waals surface area (Å²) in [6, 6.07) is 1.31. The lowest BCUT2D eigenvalue weighted by molar-refractivity contribution is -0.117. The summed E-state index contributed by atoms with van der Waals surface area (Å²) in [5.74, 6) is -1.99. The number of Topliss-reactive ketones (excluding diaryl/α,β-unsaturated/α-hetero) is 2. The summed E-state index contributed by atoms with van der Waals surface area (Å²) in [5.41, 5.74) is 0.323. The van der Waals surface area contributed by atoms with E-state index in [9.17, 15) is 14.7 Å². The van der Waals surface area contributed by atoms with Gasteiger partial charge in [0.25, 0.3) is 0 Å². The molecule has 1 aromatic rings. The van der Waals surface area contributed by atoms with Crippen LogP contribution in [0.1, 0.15) is 29.8 Å². The van der Waals surface area contributed by atoms with Crippen LogP contribution in [0.25, 0.3) is 0 Å². The molecule has 92 valence electrons. The zero-order valence-electron chi connectivity index (χ0n) is 9.67. The van der Waals surface area contributed by atoms with Crippen LogP contribution in [0, 0.1) is 12.8 Å². The van der Waals surface area contributed by atoms with E-state index in [1.807, 2.05) is 0 Å². The largest absolute Gasteiger partial charge is 0.506 e. The molecule has 0 aliphatic rings. The van der Waals surface area contributed by atoms with Crippen LogP contribution < -0.4 is 0 Å². The highest BCUT2D eigenvalue weighted by Crippen LogP contribution is 2.36. The zero-order valence-corrected chi connectivity index (χ0v) is 11.2. The third-order valence-electron chi connectivity index (χ3n) is 2.42. The van der Waals surface area contributed by atoms with E-state index in [0.717, 1.165) is 0 Å². The molecule has 0 fully saturated rings. The van der Waals surface area contributed by atoms with Crippen molar-refractivity contribution in [2.75, 3.05) is 0 Å². The summed E-state index contributed by atoms with van der Waals surface area (Å²) in [5, 5.41) is 9.72. The number of aromatic hydroxyl groups is 1. The van der Waals surface area contributed by atoms with E-state index in [-0.39, 0.29) is 21.4 Å². The van der Waals surface area contributed by atoms with Crippen molar-refractivity contribution < 1.29 is 14.7 Å². The normalized spacial score (nSPS) is 10.7. The number of phenols is 1. The van der Waals surface area contributed by atoms with Crippen LogP contribution in [-0.2, 0) is 4.79 Å². The molecular formula is C12H12Cl2O3. The Morgan fingerprint density at radius 1 is 1.29 bits per heavy atom. The van der Waals surface area contributed by atoms with Crippen molar-refractivity contribution in [3.8, 4) is 5.75 Å².